The fourth-order valence-corrected chi connectivity index (χ4v) is 1.24. The van der Waals surface area contributed by atoms with Gasteiger partial charge in [0.25, 0.3) is 0 Å². The third-order valence-corrected chi connectivity index (χ3v) is 1.90. The molecule has 0 aliphatic heterocycles. The Morgan fingerprint density at radius 1 is 1.33 bits per heavy atom. The molecule has 0 atom stereocenters. The molecular formula is C12H8O3. The number of ether oxygens (including phenoxy) is 1. The molecule has 15 heavy (non-hydrogen) atoms. The SMILES string of the molecule is CC#COc1ccc2c(=O)ccoc2c1. The van der Waals surface area contributed by atoms with Crippen molar-refractivity contribution >= 4 is 11.0 Å². The van der Waals surface area contributed by atoms with Crippen LogP contribution >= 0.6 is 0 Å². The van der Waals surface area contributed by atoms with Gasteiger partial charge in [0.15, 0.2) is 5.43 Å². The van der Waals surface area contributed by atoms with Crippen LogP contribution in [0.2, 0.25) is 0 Å². The number of hydrogen-bond donors (Lipinski definition) is 0. The van der Waals surface area contributed by atoms with Gasteiger partial charge in [-0.25, -0.2) is 0 Å². The van der Waals surface area contributed by atoms with Crippen molar-refractivity contribution in [2.75, 3.05) is 0 Å². The van der Waals surface area contributed by atoms with Gasteiger partial charge in [-0.05, 0) is 12.1 Å². The quantitative estimate of drug-likeness (QED) is 0.662. The first-order chi connectivity index (χ1) is 7.31. The fourth-order valence-electron chi connectivity index (χ4n) is 1.24. The van der Waals surface area contributed by atoms with Crippen LogP contribution in [0.3, 0.4) is 0 Å². The molecule has 2 aromatic rings. The maximum absolute atomic E-state index is 11.4. The van der Waals surface area contributed by atoms with Crippen LogP contribution in [0.4, 0.5) is 0 Å². The Labute approximate surface area is 86.3 Å². The Bertz CT molecular complexity index is 599. The van der Waals surface area contributed by atoms with Gasteiger partial charge in [-0.1, -0.05) is 5.92 Å². The molecule has 1 aromatic heterocycles. The van der Waals surface area contributed by atoms with Crippen molar-refractivity contribution < 1.29 is 9.15 Å². The molecule has 1 aromatic carbocycles. The van der Waals surface area contributed by atoms with E-state index in [1.165, 1.54) is 12.3 Å². The van der Waals surface area contributed by atoms with Crippen molar-refractivity contribution in [2.45, 2.75) is 6.92 Å². The van der Waals surface area contributed by atoms with E-state index in [0.717, 1.165) is 0 Å². The Morgan fingerprint density at radius 2 is 2.20 bits per heavy atom. The van der Waals surface area contributed by atoms with Crippen molar-refractivity contribution in [3.63, 3.8) is 0 Å². The zero-order valence-corrected chi connectivity index (χ0v) is 8.11. The summed E-state index contributed by atoms with van der Waals surface area (Å²) in [7, 11) is 0. The van der Waals surface area contributed by atoms with Crippen LogP contribution in [0.1, 0.15) is 6.92 Å². The highest BCUT2D eigenvalue weighted by Crippen LogP contribution is 2.17. The lowest BCUT2D eigenvalue weighted by Gasteiger charge is -1.98. The molecule has 0 N–H and O–H groups in total. The molecule has 0 spiro atoms. The Hall–Kier alpha value is -2.21. The van der Waals surface area contributed by atoms with Gasteiger partial charge in [-0.3, -0.25) is 4.79 Å². The molecule has 0 fully saturated rings. The summed E-state index contributed by atoms with van der Waals surface area (Å²) in [5.41, 5.74) is 0.433. The molecule has 0 saturated heterocycles. The molecule has 3 heteroatoms. The number of hydrogen-bond acceptors (Lipinski definition) is 3. The van der Waals surface area contributed by atoms with Crippen LogP contribution in [0.5, 0.6) is 5.75 Å². The molecule has 74 valence electrons. The number of benzene rings is 1. The zero-order chi connectivity index (χ0) is 10.7. The van der Waals surface area contributed by atoms with Crippen LogP contribution in [-0.2, 0) is 0 Å². The Balaban J connectivity index is 2.55. The average Bonchev–Trinajstić information content (AvgIpc) is 2.26. The topological polar surface area (TPSA) is 39.4 Å². The molecular weight excluding hydrogens is 192 g/mol. The van der Waals surface area contributed by atoms with Crippen molar-refractivity contribution in [3.05, 3.63) is 40.8 Å². The standard InChI is InChI=1S/C12H8O3/c1-2-6-14-9-3-4-10-11(13)5-7-15-12(10)8-9/h3-5,7-8H,1H3. The minimum absolute atomic E-state index is 0.0654. The summed E-state index contributed by atoms with van der Waals surface area (Å²) in [5, 5.41) is 0.536. The summed E-state index contributed by atoms with van der Waals surface area (Å²) in [6.45, 7) is 1.68. The highest BCUT2D eigenvalue weighted by Gasteiger charge is 2.01. The van der Waals surface area contributed by atoms with E-state index in [4.69, 9.17) is 9.15 Å². The van der Waals surface area contributed by atoms with Crippen LogP contribution in [-0.4, -0.2) is 0 Å². The van der Waals surface area contributed by atoms with E-state index >= 15 is 0 Å². The molecule has 0 aliphatic carbocycles. The van der Waals surface area contributed by atoms with Crippen molar-refractivity contribution in [2.24, 2.45) is 0 Å². The summed E-state index contributed by atoms with van der Waals surface area (Å²) < 4.78 is 10.3. The van der Waals surface area contributed by atoms with E-state index in [0.29, 0.717) is 16.7 Å². The largest absolute Gasteiger partial charge is 0.464 e. The van der Waals surface area contributed by atoms with Crippen molar-refractivity contribution in [3.8, 4) is 17.8 Å². The second-order valence-corrected chi connectivity index (χ2v) is 2.90. The highest BCUT2D eigenvalue weighted by atomic mass is 16.5. The molecule has 0 radical (unpaired) electrons. The summed E-state index contributed by atoms with van der Waals surface area (Å²) >= 11 is 0. The molecule has 0 amide bonds. The van der Waals surface area contributed by atoms with E-state index in [1.807, 2.05) is 0 Å². The number of fused-ring (bicyclic) bond motifs is 1. The van der Waals surface area contributed by atoms with Crippen LogP contribution < -0.4 is 10.2 Å². The summed E-state index contributed by atoms with van der Waals surface area (Å²) in [4.78, 5) is 11.4. The summed E-state index contributed by atoms with van der Waals surface area (Å²) in [6.07, 6.45) is 3.84. The van der Waals surface area contributed by atoms with Gasteiger partial charge in [0.05, 0.1) is 11.6 Å². The predicted octanol–water partition coefficient (Wildman–Crippen LogP) is 2.15. The van der Waals surface area contributed by atoms with Crippen LogP contribution in [0, 0.1) is 12.0 Å². The normalized spacial score (nSPS) is 9.40. The molecule has 1 heterocycles. The maximum Gasteiger partial charge on any atom is 0.192 e. The van der Waals surface area contributed by atoms with Crippen LogP contribution in [0.25, 0.3) is 11.0 Å². The van der Waals surface area contributed by atoms with Gasteiger partial charge in [-0.2, -0.15) is 0 Å². The Morgan fingerprint density at radius 3 is 3.00 bits per heavy atom. The van der Waals surface area contributed by atoms with Gasteiger partial charge >= 0.3 is 0 Å². The van der Waals surface area contributed by atoms with Gasteiger partial charge in [0.2, 0.25) is 0 Å². The van der Waals surface area contributed by atoms with Gasteiger partial charge < -0.3 is 9.15 Å². The molecule has 3 nitrogen and oxygen atoms in total. The van der Waals surface area contributed by atoms with E-state index in [2.05, 4.69) is 12.0 Å². The molecule has 0 aliphatic rings. The lowest BCUT2D eigenvalue weighted by molar-refractivity contribution is 0.517. The molecule has 0 unspecified atom stereocenters. The lowest BCUT2D eigenvalue weighted by atomic mass is 10.2. The first-order valence-corrected chi connectivity index (χ1v) is 4.41. The molecule has 0 saturated carbocycles. The first kappa shape index (κ1) is 9.35. The van der Waals surface area contributed by atoms with E-state index in [1.54, 1.807) is 25.1 Å². The lowest BCUT2D eigenvalue weighted by Crippen LogP contribution is -1.97. The Kier molecular flexibility index (Phi) is 2.42. The van der Waals surface area contributed by atoms with Crippen molar-refractivity contribution in [1.82, 2.24) is 0 Å². The predicted molar refractivity (Wildman–Crippen MR) is 56.6 cm³/mol. The number of rotatable bonds is 1. The molecule has 0 bridgehead atoms. The third kappa shape index (κ3) is 1.84. The van der Waals surface area contributed by atoms with E-state index in [-0.39, 0.29) is 5.43 Å². The van der Waals surface area contributed by atoms with Gasteiger partial charge in [0.1, 0.15) is 17.4 Å². The van der Waals surface area contributed by atoms with E-state index in [9.17, 15) is 4.79 Å². The summed E-state index contributed by atoms with van der Waals surface area (Å²) in [5.74, 6) is 3.17. The highest BCUT2D eigenvalue weighted by molar-refractivity contribution is 5.77. The van der Waals surface area contributed by atoms with Gasteiger partial charge in [0, 0.05) is 19.1 Å². The van der Waals surface area contributed by atoms with E-state index < -0.39 is 0 Å². The molecule has 2 rings (SSSR count). The van der Waals surface area contributed by atoms with Crippen LogP contribution in [0.15, 0.2) is 39.7 Å². The van der Waals surface area contributed by atoms with Gasteiger partial charge in [-0.15, -0.1) is 0 Å². The van der Waals surface area contributed by atoms with Crippen molar-refractivity contribution in [1.29, 1.82) is 0 Å². The third-order valence-electron chi connectivity index (χ3n) is 1.90. The first-order valence-electron chi connectivity index (χ1n) is 4.41. The monoisotopic (exact) mass is 200 g/mol. The summed E-state index contributed by atoms with van der Waals surface area (Å²) in [6, 6.07) is 6.37. The fraction of sp³-hybridized carbons (Fsp3) is 0.0833. The zero-order valence-electron chi connectivity index (χ0n) is 8.11. The minimum atomic E-state index is -0.0654. The maximum atomic E-state index is 11.4. The average molecular weight is 200 g/mol. The second kappa shape index (κ2) is 3.89. The minimum Gasteiger partial charge on any atom is -0.464 e. The smallest absolute Gasteiger partial charge is 0.192 e. The second-order valence-electron chi connectivity index (χ2n) is 2.90.